The lowest BCUT2D eigenvalue weighted by molar-refractivity contribution is 0.632. The van der Waals surface area contributed by atoms with Gasteiger partial charge < -0.3 is 0 Å². The Balaban J connectivity index is 2.98. The average molecular weight is 421 g/mol. The smallest absolute Gasteiger partial charge is 0.146 e. The third kappa shape index (κ3) is 2.09. The summed E-state index contributed by atoms with van der Waals surface area (Å²) in [6, 6.07) is 3.22. The number of hydrogen-bond donors (Lipinski definition) is 0. The molecule has 1 heterocycles. The summed E-state index contributed by atoms with van der Waals surface area (Å²) in [6.45, 7) is 0. The van der Waals surface area contributed by atoms with Gasteiger partial charge in [-0.1, -0.05) is 23.2 Å². The van der Waals surface area contributed by atoms with Gasteiger partial charge in [-0.15, -0.1) is 0 Å². The van der Waals surface area contributed by atoms with E-state index in [1.807, 2.05) is 22.6 Å². The lowest BCUT2D eigenvalue weighted by atomic mass is 10.2. The summed E-state index contributed by atoms with van der Waals surface area (Å²) in [5, 5.41) is 1.32. The Bertz CT molecular complexity index is 562. The van der Waals surface area contributed by atoms with Crippen molar-refractivity contribution in [2.45, 2.75) is 0 Å². The molecule has 0 bridgehead atoms. The zero-order valence-electron chi connectivity index (χ0n) is 6.99. The normalized spacial score (nSPS) is 11.0. The second-order valence-corrected chi connectivity index (χ2v) is 5.52. The first-order valence-corrected chi connectivity index (χ1v) is 6.42. The number of aromatic nitrogens is 1. The number of rotatable bonds is 0. The van der Waals surface area contributed by atoms with Crippen LogP contribution in [0.15, 0.2) is 16.6 Å². The topological polar surface area (TPSA) is 12.9 Å². The first kappa shape index (κ1) is 11.8. The van der Waals surface area contributed by atoms with Gasteiger partial charge in [-0.25, -0.2) is 9.37 Å². The Hall–Kier alpha value is 0.350. The molecule has 2 rings (SSSR count). The minimum absolute atomic E-state index is 0.180. The maximum Gasteiger partial charge on any atom is 0.146 e. The van der Waals surface area contributed by atoms with Crippen molar-refractivity contribution in [1.82, 2.24) is 4.98 Å². The molecule has 1 aromatic carbocycles. The fourth-order valence-electron chi connectivity index (χ4n) is 1.23. The lowest BCUT2D eigenvalue weighted by Gasteiger charge is -2.05. The summed E-state index contributed by atoms with van der Waals surface area (Å²) in [6.07, 6.45) is 0. The van der Waals surface area contributed by atoms with E-state index in [0.717, 1.165) is 3.57 Å². The number of benzene rings is 1. The molecule has 2 aromatic rings. The monoisotopic (exact) mass is 419 g/mol. The van der Waals surface area contributed by atoms with E-state index >= 15 is 0 Å². The minimum atomic E-state index is -0.372. The summed E-state index contributed by atoms with van der Waals surface area (Å²) >= 11 is 16.8. The van der Waals surface area contributed by atoms with Crippen LogP contribution in [0.4, 0.5) is 4.39 Å². The largest absolute Gasteiger partial charge is 0.224 e. The van der Waals surface area contributed by atoms with E-state index in [0.29, 0.717) is 15.2 Å². The molecule has 0 aliphatic carbocycles. The van der Waals surface area contributed by atoms with Gasteiger partial charge in [0, 0.05) is 14.3 Å². The fourth-order valence-corrected chi connectivity index (χ4v) is 2.59. The van der Waals surface area contributed by atoms with E-state index in [4.69, 9.17) is 23.2 Å². The van der Waals surface area contributed by atoms with Gasteiger partial charge in [-0.2, -0.15) is 0 Å². The van der Waals surface area contributed by atoms with Crippen LogP contribution < -0.4 is 0 Å². The zero-order chi connectivity index (χ0) is 11.2. The summed E-state index contributed by atoms with van der Waals surface area (Å²) in [5.41, 5.74) is 0. The van der Waals surface area contributed by atoms with Crippen molar-refractivity contribution in [1.29, 1.82) is 0 Å². The molecular weight excluding hydrogens is 419 g/mol. The first-order chi connectivity index (χ1) is 7.00. The van der Waals surface area contributed by atoms with Gasteiger partial charge in [0.05, 0.1) is 4.47 Å². The second-order valence-electron chi connectivity index (χ2n) is 2.82. The predicted octanol–water partition coefficient (Wildman–Crippen LogP) is 5.05. The highest BCUT2D eigenvalue weighted by atomic mass is 127. The number of nitrogens with zero attached hydrogens (tertiary/aromatic N) is 1. The van der Waals surface area contributed by atoms with Crippen LogP contribution in [-0.4, -0.2) is 4.98 Å². The second kappa shape index (κ2) is 4.31. The molecule has 78 valence electrons. The summed E-state index contributed by atoms with van der Waals surface area (Å²) in [5.74, 6) is -0.372. The Morgan fingerprint density at radius 3 is 2.60 bits per heavy atom. The molecule has 0 aliphatic heterocycles. The van der Waals surface area contributed by atoms with Gasteiger partial charge in [-0.3, -0.25) is 0 Å². The maximum absolute atomic E-state index is 13.8. The molecule has 0 N–H and O–H groups in total. The first-order valence-electron chi connectivity index (χ1n) is 3.80. The van der Waals surface area contributed by atoms with E-state index in [1.165, 1.54) is 6.07 Å². The minimum Gasteiger partial charge on any atom is -0.224 e. The lowest BCUT2D eigenvalue weighted by Crippen LogP contribution is -1.89. The number of hydrogen-bond acceptors (Lipinski definition) is 1. The van der Waals surface area contributed by atoms with Crippen LogP contribution in [0, 0.1) is 9.39 Å². The summed E-state index contributed by atoms with van der Waals surface area (Å²) in [4.78, 5) is 3.86. The molecule has 6 heteroatoms. The van der Waals surface area contributed by atoms with Crippen LogP contribution in [-0.2, 0) is 0 Å². The highest BCUT2D eigenvalue weighted by molar-refractivity contribution is 14.1. The van der Waals surface area contributed by atoms with E-state index in [9.17, 15) is 4.39 Å². The van der Waals surface area contributed by atoms with Crippen molar-refractivity contribution in [2.75, 3.05) is 0 Å². The van der Waals surface area contributed by atoms with Crippen molar-refractivity contribution >= 4 is 72.5 Å². The molecule has 0 fully saturated rings. The standard InChI is InChI=1S/C9H2BrCl2FIN/c10-7-5(14)1-4-3(8(7)13)2-6(11)15-9(4)12/h1-2H. The Labute approximate surface area is 117 Å². The van der Waals surface area contributed by atoms with E-state index < -0.39 is 0 Å². The van der Waals surface area contributed by atoms with Gasteiger partial charge in [0.2, 0.25) is 0 Å². The van der Waals surface area contributed by atoms with E-state index in [2.05, 4.69) is 20.9 Å². The summed E-state index contributed by atoms with van der Waals surface area (Å²) < 4.78 is 15.0. The Kier molecular flexibility index (Phi) is 3.40. The van der Waals surface area contributed by atoms with Crippen LogP contribution in [0.5, 0.6) is 0 Å². The van der Waals surface area contributed by atoms with E-state index in [-0.39, 0.29) is 16.1 Å². The molecule has 1 nitrogen and oxygen atoms in total. The maximum atomic E-state index is 13.8. The van der Waals surface area contributed by atoms with Crippen LogP contribution >= 0.6 is 61.7 Å². The van der Waals surface area contributed by atoms with Gasteiger partial charge in [0.25, 0.3) is 0 Å². The van der Waals surface area contributed by atoms with Gasteiger partial charge in [0.15, 0.2) is 0 Å². The quantitative estimate of drug-likeness (QED) is 0.330. The highest BCUT2D eigenvalue weighted by Crippen LogP contribution is 2.33. The number of halogens is 5. The highest BCUT2D eigenvalue weighted by Gasteiger charge is 2.13. The van der Waals surface area contributed by atoms with E-state index in [1.54, 1.807) is 6.07 Å². The molecule has 0 saturated heterocycles. The molecular formula is C9H2BrCl2FIN. The molecule has 0 amide bonds. The average Bonchev–Trinajstić information content (AvgIpc) is 2.17. The van der Waals surface area contributed by atoms with Crippen LogP contribution in [0.3, 0.4) is 0 Å². The predicted molar refractivity (Wildman–Crippen MR) is 72.1 cm³/mol. The van der Waals surface area contributed by atoms with Crippen LogP contribution in [0.25, 0.3) is 10.8 Å². The zero-order valence-corrected chi connectivity index (χ0v) is 12.2. The molecule has 0 aliphatic rings. The molecule has 0 atom stereocenters. The molecule has 0 radical (unpaired) electrons. The third-order valence-electron chi connectivity index (χ3n) is 1.89. The Morgan fingerprint density at radius 2 is 1.93 bits per heavy atom. The molecule has 1 aromatic heterocycles. The van der Waals surface area contributed by atoms with Crippen LogP contribution in [0.2, 0.25) is 10.3 Å². The van der Waals surface area contributed by atoms with Crippen molar-refractivity contribution in [3.8, 4) is 0 Å². The van der Waals surface area contributed by atoms with Crippen molar-refractivity contribution in [3.05, 3.63) is 36.3 Å². The molecule has 0 saturated carbocycles. The molecule has 0 unspecified atom stereocenters. The van der Waals surface area contributed by atoms with Gasteiger partial charge in [0.1, 0.15) is 16.1 Å². The van der Waals surface area contributed by atoms with Crippen LogP contribution in [0.1, 0.15) is 0 Å². The summed E-state index contributed by atoms with van der Waals surface area (Å²) in [7, 11) is 0. The van der Waals surface area contributed by atoms with Crippen molar-refractivity contribution in [2.24, 2.45) is 0 Å². The number of fused-ring (bicyclic) bond motifs is 1. The fraction of sp³-hybridized carbons (Fsp3) is 0. The Morgan fingerprint density at radius 1 is 1.27 bits per heavy atom. The van der Waals surface area contributed by atoms with Crippen molar-refractivity contribution in [3.63, 3.8) is 0 Å². The third-order valence-corrected chi connectivity index (χ3v) is 4.74. The molecule has 0 spiro atoms. The van der Waals surface area contributed by atoms with Gasteiger partial charge in [-0.05, 0) is 50.7 Å². The SMILES string of the molecule is Fc1c(Br)c(I)cc2c(Cl)nc(Cl)cc12. The van der Waals surface area contributed by atoms with Gasteiger partial charge >= 0.3 is 0 Å². The van der Waals surface area contributed by atoms with Crippen molar-refractivity contribution < 1.29 is 4.39 Å². The molecule has 15 heavy (non-hydrogen) atoms. The number of pyridine rings is 1.